The lowest BCUT2D eigenvalue weighted by molar-refractivity contribution is 0.773. The SMILES string of the molecule is FC#Cc1[c]c2ccccc2nc1. The van der Waals surface area contributed by atoms with Crippen molar-refractivity contribution in [2.45, 2.75) is 0 Å². The summed E-state index contributed by atoms with van der Waals surface area (Å²) in [6, 6.07) is 10.5. The Hall–Kier alpha value is -1.88. The van der Waals surface area contributed by atoms with E-state index in [2.05, 4.69) is 17.0 Å². The Labute approximate surface area is 75.2 Å². The fourth-order valence-electron chi connectivity index (χ4n) is 1.12. The topological polar surface area (TPSA) is 12.9 Å². The van der Waals surface area contributed by atoms with Crippen molar-refractivity contribution in [1.82, 2.24) is 4.98 Å². The number of pyridine rings is 1. The predicted molar refractivity (Wildman–Crippen MR) is 48.6 cm³/mol. The number of halogens is 1. The Morgan fingerprint density at radius 2 is 2.15 bits per heavy atom. The molecule has 2 heteroatoms. The first-order valence-corrected chi connectivity index (χ1v) is 3.79. The number of hydrogen-bond donors (Lipinski definition) is 0. The van der Waals surface area contributed by atoms with Crippen molar-refractivity contribution < 1.29 is 4.39 Å². The fourth-order valence-corrected chi connectivity index (χ4v) is 1.12. The molecule has 0 saturated heterocycles. The lowest BCUT2D eigenvalue weighted by Gasteiger charge is -1.94. The molecule has 0 atom stereocenters. The van der Waals surface area contributed by atoms with Crippen molar-refractivity contribution in [1.29, 1.82) is 0 Å². The van der Waals surface area contributed by atoms with E-state index in [1.807, 2.05) is 24.3 Å². The number of hydrogen-bond acceptors (Lipinski definition) is 1. The second-order valence-electron chi connectivity index (χ2n) is 2.53. The van der Waals surface area contributed by atoms with E-state index in [9.17, 15) is 4.39 Å². The summed E-state index contributed by atoms with van der Waals surface area (Å²) in [5.41, 5.74) is 1.31. The molecule has 1 aromatic carbocycles. The smallest absolute Gasteiger partial charge is 0.111 e. The van der Waals surface area contributed by atoms with Crippen LogP contribution in [0, 0.1) is 18.2 Å². The van der Waals surface area contributed by atoms with Crippen LogP contribution < -0.4 is 0 Å². The number of fused-ring (bicyclic) bond motifs is 1. The van der Waals surface area contributed by atoms with Crippen molar-refractivity contribution in [3.63, 3.8) is 0 Å². The van der Waals surface area contributed by atoms with Crippen LogP contribution in [0.15, 0.2) is 30.5 Å². The summed E-state index contributed by atoms with van der Waals surface area (Å²) in [4.78, 5) is 4.10. The number of para-hydroxylation sites is 1. The molecule has 0 aliphatic carbocycles. The highest BCUT2D eigenvalue weighted by Crippen LogP contribution is 2.10. The lowest BCUT2D eigenvalue weighted by Crippen LogP contribution is -1.81. The molecule has 13 heavy (non-hydrogen) atoms. The van der Waals surface area contributed by atoms with E-state index >= 15 is 0 Å². The molecule has 1 radical (unpaired) electrons. The Balaban J connectivity index is 2.66. The van der Waals surface area contributed by atoms with Gasteiger partial charge in [-0.3, -0.25) is 4.98 Å². The first kappa shape index (κ1) is 7.75. The minimum Gasteiger partial charge on any atom is -0.255 e. The quantitative estimate of drug-likeness (QED) is 0.553. The summed E-state index contributed by atoms with van der Waals surface area (Å²) in [5, 5.41) is 0.850. The molecule has 0 aliphatic heterocycles. The van der Waals surface area contributed by atoms with Crippen LogP contribution in [-0.2, 0) is 0 Å². The van der Waals surface area contributed by atoms with E-state index in [1.165, 1.54) is 12.4 Å². The van der Waals surface area contributed by atoms with Crippen LogP contribution in [-0.4, -0.2) is 4.98 Å². The lowest BCUT2D eigenvalue weighted by atomic mass is 10.2. The highest BCUT2D eigenvalue weighted by molar-refractivity contribution is 5.78. The van der Waals surface area contributed by atoms with Crippen LogP contribution in [0.25, 0.3) is 10.9 Å². The fraction of sp³-hybridized carbons (Fsp3) is 0. The molecule has 0 saturated carbocycles. The van der Waals surface area contributed by atoms with E-state index in [1.54, 1.807) is 0 Å². The Morgan fingerprint density at radius 3 is 3.00 bits per heavy atom. The van der Waals surface area contributed by atoms with E-state index in [0.29, 0.717) is 5.56 Å². The van der Waals surface area contributed by atoms with Crippen molar-refractivity contribution >= 4 is 10.9 Å². The maximum Gasteiger partial charge on any atom is 0.111 e. The second-order valence-corrected chi connectivity index (χ2v) is 2.53. The largest absolute Gasteiger partial charge is 0.255 e. The van der Waals surface area contributed by atoms with Crippen molar-refractivity contribution in [3.8, 4) is 12.1 Å². The average molecular weight is 170 g/mol. The van der Waals surface area contributed by atoms with Gasteiger partial charge in [-0.05, 0) is 12.0 Å². The number of benzene rings is 1. The standard InChI is InChI=1S/C11H5FN/c12-6-5-9-7-10-3-1-2-4-11(10)13-8-9/h1-4,8H. The van der Waals surface area contributed by atoms with Gasteiger partial charge in [0.15, 0.2) is 0 Å². The second kappa shape index (κ2) is 3.24. The van der Waals surface area contributed by atoms with Crippen LogP contribution in [0.1, 0.15) is 5.56 Å². The van der Waals surface area contributed by atoms with Gasteiger partial charge in [0.2, 0.25) is 0 Å². The summed E-state index contributed by atoms with van der Waals surface area (Å²) in [5.74, 6) is 2.26. The van der Waals surface area contributed by atoms with E-state index < -0.39 is 0 Å². The maximum atomic E-state index is 11.7. The van der Waals surface area contributed by atoms with Gasteiger partial charge in [0.05, 0.1) is 11.1 Å². The summed E-state index contributed by atoms with van der Waals surface area (Å²) >= 11 is 0. The summed E-state index contributed by atoms with van der Waals surface area (Å²) in [6.07, 6.45) is 2.84. The van der Waals surface area contributed by atoms with Gasteiger partial charge in [-0.1, -0.05) is 18.2 Å². The van der Waals surface area contributed by atoms with Crippen LogP contribution in [0.5, 0.6) is 0 Å². The zero-order valence-corrected chi connectivity index (χ0v) is 6.71. The third-order valence-electron chi connectivity index (χ3n) is 1.69. The van der Waals surface area contributed by atoms with E-state index in [0.717, 1.165) is 10.9 Å². The average Bonchev–Trinajstić information content (AvgIpc) is 2.18. The highest BCUT2D eigenvalue weighted by Gasteiger charge is 1.94. The molecule has 1 heterocycles. The Kier molecular flexibility index (Phi) is 1.93. The monoisotopic (exact) mass is 170 g/mol. The normalized spacial score (nSPS) is 9.31. The van der Waals surface area contributed by atoms with Gasteiger partial charge in [-0.15, -0.1) is 4.39 Å². The number of rotatable bonds is 0. The Morgan fingerprint density at radius 1 is 1.31 bits per heavy atom. The van der Waals surface area contributed by atoms with Gasteiger partial charge in [0.1, 0.15) is 6.17 Å². The van der Waals surface area contributed by atoms with Crippen molar-refractivity contribution in [2.75, 3.05) is 0 Å². The molecular weight excluding hydrogens is 165 g/mol. The first-order chi connectivity index (χ1) is 6.40. The first-order valence-electron chi connectivity index (χ1n) is 3.79. The Bertz CT molecular complexity index is 494. The molecule has 1 aromatic heterocycles. The molecule has 1 nitrogen and oxygen atoms in total. The molecule has 0 aliphatic rings. The molecule has 0 bridgehead atoms. The predicted octanol–water partition coefficient (Wildman–Crippen LogP) is 2.31. The van der Waals surface area contributed by atoms with Crippen LogP contribution in [0.4, 0.5) is 4.39 Å². The molecule has 2 rings (SSSR count). The van der Waals surface area contributed by atoms with Crippen LogP contribution >= 0.6 is 0 Å². The van der Waals surface area contributed by atoms with E-state index in [-0.39, 0.29) is 0 Å². The minimum absolute atomic E-state index is 0.473. The van der Waals surface area contributed by atoms with Crippen LogP contribution in [0.2, 0.25) is 0 Å². The zero-order chi connectivity index (χ0) is 9.10. The van der Waals surface area contributed by atoms with Gasteiger partial charge < -0.3 is 0 Å². The summed E-state index contributed by atoms with van der Waals surface area (Å²) < 4.78 is 11.7. The van der Waals surface area contributed by atoms with Gasteiger partial charge in [-0.25, -0.2) is 0 Å². The zero-order valence-electron chi connectivity index (χ0n) is 6.71. The number of aromatic nitrogens is 1. The molecule has 0 spiro atoms. The van der Waals surface area contributed by atoms with Crippen molar-refractivity contribution in [2.24, 2.45) is 0 Å². The molecule has 0 unspecified atom stereocenters. The summed E-state index contributed by atoms with van der Waals surface area (Å²) in [7, 11) is 0. The molecule has 61 valence electrons. The van der Waals surface area contributed by atoms with Gasteiger partial charge in [0, 0.05) is 17.6 Å². The highest BCUT2D eigenvalue weighted by atomic mass is 19.1. The molecule has 2 aromatic rings. The van der Waals surface area contributed by atoms with E-state index in [4.69, 9.17) is 0 Å². The van der Waals surface area contributed by atoms with Crippen LogP contribution in [0.3, 0.4) is 0 Å². The number of nitrogens with zero attached hydrogens (tertiary/aromatic N) is 1. The molecule has 0 N–H and O–H groups in total. The van der Waals surface area contributed by atoms with Gasteiger partial charge in [-0.2, -0.15) is 0 Å². The molecular formula is C11H5FN. The third kappa shape index (κ3) is 1.50. The maximum absolute atomic E-state index is 11.7. The minimum atomic E-state index is 0.473. The van der Waals surface area contributed by atoms with Gasteiger partial charge >= 0.3 is 0 Å². The summed E-state index contributed by atoms with van der Waals surface area (Å²) in [6.45, 7) is 0. The third-order valence-corrected chi connectivity index (χ3v) is 1.69. The van der Waals surface area contributed by atoms with Gasteiger partial charge in [0.25, 0.3) is 0 Å². The molecule has 0 amide bonds. The van der Waals surface area contributed by atoms with Crippen molar-refractivity contribution in [3.05, 3.63) is 42.1 Å². The molecule has 0 fully saturated rings.